The van der Waals surface area contributed by atoms with E-state index < -0.39 is 10.0 Å². The number of hydrogen-bond acceptors (Lipinski definition) is 4. The van der Waals surface area contributed by atoms with Crippen molar-refractivity contribution in [3.05, 3.63) is 28.8 Å². The van der Waals surface area contributed by atoms with E-state index in [1.807, 2.05) is 13.2 Å². The molecule has 1 atom stereocenters. The standard InChI is InChI=1S/C12H19ClN2O2S2/c1-9(5-6-18-2)15-19(16,17)11-4-3-10(8-14)12(13)7-11/h3-4,7,9,15H,5-6,8,14H2,1-2H3. The topological polar surface area (TPSA) is 72.2 Å². The Hall–Kier alpha value is -0.270. The first kappa shape index (κ1) is 16.8. The Kier molecular flexibility index (Phi) is 6.62. The van der Waals surface area contributed by atoms with E-state index in [0.29, 0.717) is 5.02 Å². The van der Waals surface area contributed by atoms with Crippen LogP contribution in [-0.4, -0.2) is 26.5 Å². The minimum atomic E-state index is -3.52. The van der Waals surface area contributed by atoms with E-state index in [-0.39, 0.29) is 17.5 Å². The van der Waals surface area contributed by atoms with Crippen molar-refractivity contribution >= 4 is 33.4 Å². The van der Waals surface area contributed by atoms with Crippen molar-refractivity contribution < 1.29 is 8.42 Å². The fourth-order valence-corrected chi connectivity index (χ4v) is 3.76. The number of rotatable bonds is 7. The Morgan fingerprint density at radius 2 is 2.16 bits per heavy atom. The van der Waals surface area contributed by atoms with Gasteiger partial charge in [-0.15, -0.1) is 0 Å². The Bertz CT molecular complexity index is 520. The zero-order chi connectivity index (χ0) is 14.5. The second kappa shape index (κ2) is 7.50. The Balaban J connectivity index is 2.85. The van der Waals surface area contributed by atoms with Crippen LogP contribution in [0.1, 0.15) is 18.9 Å². The summed E-state index contributed by atoms with van der Waals surface area (Å²) in [5.41, 5.74) is 6.23. The van der Waals surface area contributed by atoms with E-state index in [1.54, 1.807) is 17.8 Å². The molecule has 19 heavy (non-hydrogen) atoms. The van der Waals surface area contributed by atoms with Crippen LogP contribution in [-0.2, 0) is 16.6 Å². The lowest BCUT2D eigenvalue weighted by Gasteiger charge is -2.14. The predicted molar refractivity (Wildman–Crippen MR) is 82.1 cm³/mol. The largest absolute Gasteiger partial charge is 0.326 e. The molecule has 0 radical (unpaired) electrons. The molecule has 3 N–H and O–H groups in total. The van der Waals surface area contributed by atoms with Gasteiger partial charge in [-0.25, -0.2) is 13.1 Å². The lowest BCUT2D eigenvalue weighted by Crippen LogP contribution is -2.33. The first-order valence-electron chi connectivity index (χ1n) is 5.90. The van der Waals surface area contributed by atoms with Gasteiger partial charge in [-0.2, -0.15) is 11.8 Å². The van der Waals surface area contributed by atoms with Gasteiger partial charge in [-0.1, -0.05) is 17.7 Å². The SMILES string of the molecule is CSCCC(C)NS(=O)(=O)c1ccc(CN)c(Cl)c1. The average Bonchev–Trinajstić information content (AvgIpc) is 2.35. The summed E-state index contributed by atoms with van der Waals surface area (Å²) in [5, 5.41) is 0.377. The van der Waals surface area contributed by atoms with E-state index in [4.69, 9.17) is 17.3 Å². The third-order valence-electron chi connectivity index (χ3n) is 2.67. The molecule has 0 amide bonds. The molecule has 108 valence electrons. The zero-order valence-electron chi connectivity index (χ0n) is 11.0. The van der Waals surface area contributed by atoms with Gasteiger partial charge in [0.1, 0.15) is 0 Å². The normalized spacial score (nSPS) is 13.5. The first-order valence-corrected chi connectivity index (χ1v) is 9.16. The van der Waals surface area contributed by atoms with Gasteiger partial charge in [-0.05, 0) is 43.0 Å². The van der Waals surface area contributed by atoms with Crippen LogP contribution < -0.4 is 10.5 Å². The molecule has 0 bridgehead atoms. The van der Waals surface area contributed by atoms with Gasteiger partial charge in [0.05, 0.1) is 4.90 Å². The highest BCUT2D eigenvalue weighted by Gasteiger charge is 2.18. The third-order valence-corrected chi connectivity index (χ3v) is 5.25. The van der Waals surface area contributed by atoms with Gasteiger partial charge in [0, 0.05) is 17.6 Å². The summed E-state index contributed by atoms with van der Waals surface area (Å²) in [5.74, 6) is 0.913. The summed E-state index contributed by atoms with van der Waals surface area (Å²) < 4.78 is 26.9. The summed E-state index contributed by atoms with van der Waals surface area (Å²) in [6, 6.07) is 4.50. The number of hydrogen-bond donors (Lipinski definition) is 2. The van der Waals surface area contributed by atoms with Crippen LogP contribution in [0.15, 0.2) is 23.1 Å². The molecule has 0 fully saturated rings. The molecule has 0 aliphatic carbocycles. The molecule has 7 heteroatoms. The monoisotopic (exact) mass is 322 g/mol. The number of thioether (sulfide) groups is 1. The molecule has 0 heterocycles. The smallest absolute Gasteiger partial charge is 0.240 e. The highest BCUT2D eigenvalue weighted by atomic mass is 35.5. The third kappa shape index (κ3) is 4.96. The van der Waals surface area contributed by atoms with Gasteiger partial charge < -0.3 is 5.73 Å². The molecule has 1 aromatic rings. The number of benzene rings is 1. The van der Waals surface area contributed by atoms with Crippen molar-refractivity contribution in [2.24, 2.45) is 5.73 Å². The fourth-order valence-electron chi connectivity index (χ4n) is 1.55. The Morgan fingerprint density at radius 1 is 1.47 bits per heavy atom. The van der Waals surface area contributed by atoms with Gasteiger partial charge in [0.25, 0.3) is 0 Å². The molecule has 0 aliphatic heterocycles. The van der Waals surface area contributed by atoms with Crippen LogP contribution in [0.2, 0.25) is 5.02 Å². The average molecular weight is 323 g/mol. The summed E-state index contributed by atoms with van der Waals surface area (Å²) in [6.45, 7) is 2.14. The molecule has 4 nitrogen and oxygen atoms in total. The van der Waals surface area contributed by atoms with Crippen molar-refractivity contribution in [3.63, 3.8) is 0 Å². The second-order valence-corrected chi connectivity index (χ2v) is 7.37. The highest BCUT2D eigenvalue weighted by molar-refractivity contribution is 7.98. The minimum Gasteiger partial charge on any atom is -0.326 e. The maximum absolute atomic E-state index is 12.1. The number of nitrogens with one attached hydrogen (secondary N) is 1. The second-order valence-electron chi connectivity index (χ2n) is 4.26. The molecular formula is C12H19ClN2O2S2. The lowest BCUT2D eigenvalue weighted by atomic mass is 10.2. The van der Waals surface area contributed by atoms with Crippen LogP contribution in [0.3, 0.4) is 0 Å². The Labute approximate surface area is 124 Å². The highest BCUT2D eigenvalue weighted by Crippen LogP contribution is 2.20. The van der Waals surface area contributed by atoms with Crippen LogP contribution in [0.5, 0.6) is 0 Å². The van der Waals surface area contributed by atoms with E-state index >= 15 is 0 Å². The van der Waals surface area contributed by atoms with E-state index in [0.717, 1.165) is 17.7 Å². The van der Waals surface area contributed by atoms with Gasteiger partial charge in [-0.3, -0.25) is 0 Å². The van der Waals surface area contributed by atoms with Gasteiger partial charge in [0.2, 0.25) is 10.0 Å². The molecule has 0 saturated carbocycles. The van der Waals surface area contributed by atoms with Crippen LogP contribution in [0, 0.1) is 0 Å². The van der Waals surface area contributed by atoms with E-state index in [9.17, 15) is 8.42 Å². The van der Waals surface area contributed by atoms with Gasteiger partial charge >= 0.3 is 0 Å². The van der Waals surface area contributed by atoms with Crippen molar-refractivity contribution in [1.29, 1.82) is 0 Å². The first-order chi connectivity index (χ1) is 8.90. The summed E-state index contributed by atoms with van der Waals surface area (Å²) >= 11 is 7.67. The molecule has 0 aliphatic rings. The molecule has 1 unspecified atom stereocenters. The van der Waals surface area contributed by atoms with E-state index in [2.05, 4.69) is 4.72 Å². The maximum Gasteiger partial charge on any atom is 0.240 e. The molecular weight excluding hydrogens is 304 g/mol. The fraction of sp³-hybridized carbons (Fsp3) is 0.500. The molecule has 0 aromatic heterocycles. The van der Waals surface area contributed by atoms with Crippen molar-refractivity contribution in [1.82, 2.24) is 4.72 Å². The predicted octanol–water partition coefficient (Wildman–Crippen LogP) is 2.22. The summed E-state index contributed by atoms with van der Waals surface area (Å²) in [7, 11) is -3.52. The van der Waals surface area contributed by atoms with Crippen molar-refractivity contribution in [2.75, 3.05) is 12.0 Å². The number of sulfonamides is 1. The molecule has 0 saturated heterocycles. The number of halogens is 1. The van der Waals surface area contributed by atoms with E-state index in [1.165, 1.54) is 12.1 Å². The van der Waals surface area contributed by atoms with Gasteiger partial charge in [0.15, 0.2) is 0 Å². The minimum absolute atomic E-state index is 0.106. The lowest BCUT2D eigenvalue weighted by molar-refractivity contribution is 0.557. The van der Waals surface area contributed by atoms with Crippen LogP contribution in [0.4, 0.5) is 0 Å². The maximum atomic E-state index is 12.1. The molecule has 0 spiro atoms. The molecule has 1 rings (SSSR count). The zero-order valence-corrected chi connectivity index (χ0v) is 13.4. The quantitative estimate of drug-likeness (QED) is 0.807. The Morgan fingerprint density at radius 3 is 2.68 bits per heavy atom. The van der Waals surface area contributed by atoms with Crippen molar-refractivity contribution in [3.8, 4) is 0 Å². The summed E-state index contributed by atoms with van der Waals surface area (Å²) in [6.07, 6.45) is 2.78. The molecule has 1 aromatic carbocycles. The van der Waals surface area contributed by atoms with Crippen molar-refractivity contribution in [2.45, 2.75) is 30.8 Å². The van der Waals surface area contributed by atoms with Crippen LogP contribution >= 0.6 is 23.4 Å². The summed E-state index contributed by atoms with van der Waals surface area (Å²) in [4.78, 5) is 0.172. The van der Waals surface area contributed by atoms with Crippen LogP contribution in [0.25, 0.3) is 0 Å². The number of nitrogens with two attached hydrogens (primary N) is 1.